The van der Waals surface area contributed by atoms with Gasteiger partial charge in [-0.15, -0.1) is 11.3 Å². The highest BCUT2D eigenvalue weighted by Gasteiger charge is 2.33. The number of halogens is 1. The van der Waals surface area contributed by atoms with E-state index in [-0.39, 0.29) is 28.8 Å². The van der Waals surface area contributed by atoms with Crippen molar-refractivity contribution in [3.63, 3.8) is 0 Å². The predicted octanol–water partition coefficient (Wildman–Crippen LogP) is 4.43. The van der Waals surface area contributed by atoms with Crippen LogP contribution in [0.4, 0.5) is 10.1 Å². The van der Waals surface area contributed by atoms with E-state index in [1.54, 1.807) is 36.4 Å². The average Bonchev–Trinajstić information content (AvgIpc) is 3.26. The Bertz CT molecular complexity index is 1020. The number of amides is 1. The Morgan fingerprint density at radius 2 is 1.81 bits per heavy atom. The lowest BCUT2D eigenvalue weighted by Crippen LogP contribution is -2.33. The first kappa shape index (κ1) is 16.2. The molecule has 0 saturated heterocycles. The minimum absolute atomic E-state index is 0.0825. The summed E-state index contributed by atoms with van der Waals surface area (Å²) in [6, 6.07) is 16.1. The fourth-order valence-corrected chi connectivity index (χ4v) is 3.34. The van der Waals surface area contributed by atoms with Crippen LogP contribution in [0, 0.1) is 5.82 Å². The van der Waals surface area contributed by atoms with E-state index in [9.17, 15) is 14.3 Å². The SMILES string of the molecule is O=C1/C(=C\c2cccs2)N=C(c2ccccc2F)N1c1ccc(O)cc1. The van der Waals surface area contributed by atoms with Crippen LogP contribution < -0.4 is 4.90 Å². The first-order valence-electron chi connectivity index (χ1n) is 7.86. The normalized spacial score (nSPS) is 15.6. The first-order chi connectivity index (χ1) is 12.6. The summed E-state index contributed by atoms with van der Waals surface area (Å²) in [5.74, 6) is -0.497. The maximum absolute atomic E-state index is 14.3. The Balaban J connectivity index is 1.86. The van der Waals surface area contributed by atoms with E-state index in [2.05, 4.69) is 4.99 Å². The van der Waals surface area contributed by atoms with Crippen molar-refractivity contribution in [2.24, 2.45) is 4.99 Å². The summed E-state index contributed by atoms with van der Waals surface area (Å²) >= 11 is 1.49. The minimum Gasteiger partial charge on any atom is -0.508 e. The fourth-order valence-electron chi connectivity index (χ4n) is 2.69. The molecule has 0 radical (unpaired) electrons. The molecule has 128 valence electrons. The summed E-state index contributed by atoms with van der Waals surface area (Å²) in [5.41, 5.74) is 0.978. The molecule has 0 atom stereocenters. The monoisotopic (exact) mass is 364 g/mol. The van der Waals surface area contributed by atoms with Gasteiger partial charge in [0.15, 0.2) is 5.84 Å². The van der Waals surface area contributed by atoms with Crippen molar-refractivity contribution in [3.8, 4) is 5.75 Å². The Labute approximate surface area is 153 Å². The van der Waals surface area contributed by atoms with Crippen LogP contribution in [0.5, 0.6) is 5.75 Å². The zero-order valence-electron chi connectivity index (χ0n) is 13.5. The van der Waals surface area contributed by atoms with Crippen LogP contribution in [0.1, 0.15) is 10.4 Å². The van der Waals surface area contributed by atoms with Crippen molar-refractivity contribution in [2.75, 3.05) is 4.90 Å². The summed E-state index contributed by atoms with van der Waals surface area (Å²) in [5, 5.41) is 11.4. The van der Waals surface area contributed by atoms with Gasteiger partial charge in [0.1, 0.15) is 17.3 Å². The van der Waals surface area contributed by atoms with Crippen LogP contribution in [0.3, 0.4) is 0 Å². The molecule has 4 nitrogen and oxygen atoms in total. The van der Waals surface area contributed by atoms with E-state index in [1.807, 2.05) is 17.5 Å². The highest BCUT2D eigenvalue weighted by Crippen LogP contribution is 2.30. The van der Waals surface area contributed by atoms with Gasteiger partial charge < -0.3 is 5.11 Å². The summed E-state index contributed by atoms with van der Waals surface area (Å²) in [4.78, 5) is 19.6. The summed E-state index contributed by atoms with van der Waals surface area (Å²) in [6.45, 7) is 0. The number of anilines is 1. The Hall–Kier alpha value is -3.25. The molecule has 4 rings (SSSR count). The number of carbonyl (C=O) groups excluding carboxylic acids is 1. The number of nitrogens with zero attached hydrogens (tertiary/aromatic N) is 2. The van der Waals surface area contributed by atoms with Crippen molar-refractivity contribution >= 4 is 34.8 Å². The maximum atomic E-state index is 14.3. The highest BCUT2D eigenvalue weighted by atomic mass is 32.1. The zero-order valence-corrected chi connectivity index (χ0v) is 14.3. The van der Waals surface area contributed by atoms with Crippen molar-refractivity contribution in [2.45, 2.75) is 0 Å². The van der Waals surface area contributed by atoms with Crippen LogP contribution in [0.15, 0.2) is 76.7 Å². The number of hydrogen-bond donors (Lipinski definition) is 1. The molecule has 26 heavy (non-hydrogen) atoms. The van der Waals surface area contributed by atoms with Crippen LogP contribution in [0.2, 0.25) is 0 Å². The van der Waals surface area contributed by atoms with Gasteiger partial charge >= 0.3 is 0 Å². The molecule has 0 unspecified atom stereocenters. The van der Waals surface area contributed by atoms with Gasteiger partial charge in [-0.05, 0) is 53.9 Å². The molecule has 1 aliphatic heterocycles. The lowest BCUT2D eigenvalue weighted by Gasteiger charge is -2.18. The van der Waals surface area contributed by atoms with Crippen LogP contribution in [-0.4, -0.2) is 16.8 Å². The van der Waals surface area contributed by atoms with E-state index < -0.39 is 5.82 Å². The molecule has 2 aromatic carbocycles. The minimum atomic E-state index is -0.458. The molecular weight excluding hydrogens is 351 g/mol. The summed E-state index contributed by atoms with van der Waals surface area (Å²) < 4.78 is 14.3. The number of carbonyl (C=O) groups is 1. The van der Waals surface area contributed by atoms with Gasteiger partial charge in [0.05, 0.1) is 11.3 Å². The Morgan fingerprint density at radius 1 is 1.04 bits per heavy atom. The zero-order chi connectivity index (χ0) is 18.1. The van der Waals surface area contributed by atoms with Gasteiger partial charge in [0, 0.05) is 4.88 Å². The number of amidine groups is 1. The molecular formula is C20H13FN2O2S. The molecule has 0 spiro atoms. The van der Waals surface area contributed by atoms with Crippen LogP contribution >= 0.6 is 11.3 Å². The first-order valence-corrected chi connectivity index (χ1v) is 8.74. The molecule has 0 bridgehead atoms. The molecule has 3 aromatic rings. The maximum Gasteiger partial charge on any atom is 0.282 e. The van der Waals surface area contributed by atoms with Gasteiger partial charge in [0.25, 0.3) is 5.91 Å². The Kier molecular flexibility index (Phi) is 4.10. The molecule has 0 saturated carbocycles. The van der Waals surface area contributed by atoms with Gasteiger partial charge in [-0.2, -0.15) is 0 Å². The van der Waals surface area contributed by atoms with E-state index in [0.717, 1.165) is 4.88 Å². The van der Waals surface area contributed by atoms with Crippen molar-refractivity contribution in [3.05, 3.63) is 88.0 Å². The van der Waals surface area contributed by atoms with Gasteiger partial charge in [0.2, 0.25) is 0 Å². The molecule has 0 fully saturated rings. The third-order valence-corrected chi connectivity index (χ3v) is 4.72. The lowest BCUT2D eigenvalue weighted by atomic mass is 10.1. The lowest BCUT2D eigenvalue weighted by molar-refractivity contribution is -0.113. The molecule has 2 heterocycles. The number of phenols is 1. The second kappa shape index (κ2) is 6.57. The van der Waals surface area contributed by atoms with Crippen molar-refractivity contribution < 1.29 is 14.3 Å². The largest absolute Gasteiger partial charge is 0.508 e. The fraction of sp³-hybridized carbons (Fsp3) is 0. The average molecular weight is 364 g/mol. The molecule has 0 aliphatic carbocycles. The molecule has 1 aromatic heterocycles. The standard InChI is InChI=1S/C20H13FN2O2S/c21-17-6-2-1-5-16(17)19-22-18(12-15-4-3-11-26-15)20(25)23(19)13-7-9-14(24)10-8-13/h1-12,24H/b18-12+. The second-order valence-electron chi connectivity index (χ2n) is 5.62. The summed E-state index contributed by atoms with van der Waals surface area (Å²) in [7, 11) is 0. The molecule has 1 amide bonds. The van der Waals surface area contributed by atoms with E-state index in [0.29, 0.717) is 5.69 Å². The van der Waals surface area contributed by atoms with E-state index >= 15 is 0 Å². The smallest absolute Gasteiger partial charge is 0.282 e. The van der Waals surface area contributed by atoms with Crippen LogP contribution in [-0.2, 0) is 4.79 Å². The van der Waals surface area contributed by atoms with Crippen molar-refractivity contribution in [1.82, 2.24) is 0 Å². The third-order valence-electron chi connectivity index (χ3n) is 3.91. The third kappa shape index (κ3) is 2.91. The number of hydrogen-bond acceptors (Lipinski definition) is 4. The van der Waals surface area contributed by atoms with E-state index in [1.165, 1.54) is 34.4 Å². The number of rotatable bonds is 3. The molecule has 1 aliphatic rings. The van der Waals surface area contributed by atoms with Gasteiger partial charge in [-0.1, -0.05) is 18.2 Å². The Morgan fingerprint density at radius 3 is 2.50 bits per heavy atom. The summed E-state index contributed by atoms with van der Waals surface area (Å²) in [6.07, 6.45) is 1.69. The van der Waals surface area contributed by atoms with Crippen molar-refractivity contribution in [1.29, 1.82) is 0 Å². The van der Waals surface area contributed by atoms with Gasteiger partial charge in [-0.25, -0.2) is 9.38 Å². The topological polar surface area (TPSA) is 52.9 Å². The molecule has 6 heteroatoms. The van der Waals surface area contributed by atoms with E-state index in [4.69, 9.17) is 0 Å². The van der Waals surface area contributed by atoms with Gasteiger partial charge in [-0.3, -0.25) is 9.69 Å². The second-order valence-corrected chi connectivity index (χ2v) is 6.60. The number of aromatic hydroxyl groups is 1. The number of benzene rings is 2. The number of thiophene rings is 1. The number of aliphatic imine (C=N–C) groups is 1. The van der Waals surface area contributed by atoms with Crippen LogP contribution in [0.25, 0.3) is 6.08 Å². The number of phenolic OH excluding ortho intramolecular Hbond substituents is 1. The highest BCUT2D eigenvalue weighted by molar-refractivity contribution is 7.10. The predicted molar refractivity (Wildman–Crippen MR) is 101 cm³/mol. The quantitative estimate of drug-likeness (QED) is 0.699. The molecule has 1 N–H and O–H groups in total.